The molecule has 2 rings (SSSR count). The standard InChI is InChI=1S/C12H16F3N3/c13-12(14,15)8-6-10(16)11(17-7-8)18-9-4-2-1-3-5-9/h6-7,9H,1-5,16H2,(H,17,18). The molecule has 1 aliphatic carbocycles. The number of nitrogens with two attached hydrogens (primary N) is 1. The van der Waals surface area contributed by atoms with Crippen molar-refractivity contribution < 1.29 is 13.2 Å². The first kappa shape index (κ1) is 13.0. The maximum atomic E-state index is 12.4. The van der Waals surface area contributed by atoms with E-state index in [0.29, 0.717) is 5.82 Å². The number of pyridine rings is 1. The van der Waals surface area contributed by atoms with E-state index < -0.39 is 11.7 Å². The van der Waals surface area contributed by atoms with Crippen molar-refractivity contribution in [1.29, 1.82) is 0 Å². The van der Waals surface area contributed by atoms with Gasteiger partial charge in [0, 0.05) is 12.2 Å². The zero-order valence-corrected chi connectivity index (χ0v) is 9.93. The van der Waals surface area contributed by atoms with Crippen LogP contribution in [0.3, 0.4) is 0 Å². The topological polar surface area (TPSA) is 50.9 Å². The molecule has 0 bridgehead atoms. The van der Waals surface area contributed by atoms with Crippen molar-refractivity contribution in [2.24, 2.45) is 0 Å². The fourth-order valence-corrected chi connectivity index (χ4v) is 2.20. The molecule has 1 fully saturated rings. The number of nitrogen functional groups attached to an aromatic ring is 1. The summed E-state index contributed by atoms with van der Waals surface area (Å²) in [5, 5.41) is 3.12. The van der Waals surface area contributed by atoms with Crippen LogP contribution in [0.15, 0.2) is 12.3 Å². The predicted octanol–water partition coefficient (Wildman–Crippen LogP) is 3.43. The number of halogens is 3. The van der Waals surface area contributed by atoms with Crippen molar-refractivity contribution in [1.82, 2.24) is 4.98 Å². The SMILES string of the molecule is Nc1cc(C(F)(F)F)cnc1NC1CCCCC1. The van der Waals surface area contributed by atoms with Crippen molar-refractivity contribution in [3.63, 3.8) is 0 Å². The second-order valence-corrected chi connectivity index (χ2v) is 4.64. The average molecular weight is 259 g/mol. The van der Waals surface area contributed by atoms with E-state index in [1.54, 1.807) is 0 Å². The fourth-order valence-electron chi connectivity index (χ4n) is 2.20. The van der Waals surface area contributed by atoms with E-state index >= 15 is 0 Å². The largest absolute Gasteiger partial charge is 0.417 e. The number of rotatable bonds is 2. The van der Waals surface area contributed by atoms with E-state index in [2.05, 4.69) is 10.3 Å². The van der Waals surface area contributed by atoms with Crippen LogP contribution in [-0.4, -0.2) is 11.0 Å². The Kier molecular flexibility index (Phi) is 3.63. The Balaban J connectivity index is 2.09. The quantitative estimate of drug-likeness (QED) is 0.855. The summed E-state index contributed by atoms with van der Waals surface area (Å²) in [6.07, 6.45) is 1.95. The molecule has 1 heterocycles. The molecule has 3 nitrogen and oxygen atoms in total. The third-order valence-electron chi connectivity index (χ3n) is 3.19. The van der Waals surface area contributed by atoms with Crippen LogP contribution in [0, 0.1) is 0 Å². The van der Waals surface area contributed by atoms with Gasteiger partial charge >= 0.3 is 6.18 Å². The van der Waals surface area contributed by atoms with Gasteiger partial charge in [-0.05, 0) is 18.9 Å². The summed E-state index contributed by atoms with van der Waals surface area (Å²) in [5.74, 6) is 0.356. The molecule has 6 heteroatoms. The average Bonchev–Trinajstić information content (AvgIpc) is 2.32. The Bertz CT molecular complexity index is 412. The third kappa shape index (κ3) is 3.05. The van der Waals surface area contributed by atoms with Gasteiger partial charge in [-0.3, -0.25) is 0 Å². The van der Waals surface area contributed by atoms with Crippen LogP contribution in [-0.2, 0) is 6.18 Å². The number of nitrogens with one attached hydrogen (secondary N) is 1. The molecule has 0 radical (unpaired) electrons. The van der Waals surface area contributed by atoms with Crippen LogP contribution < -0.4 is 11.1 Å². The Labute approximate surface area is 104 Å². The van der Waals surface area contributed by atoms with Crippen LogP contribution in [0.1, 0.15) is 37.7 Å². The summed E-state index contributed by atoms with van der Waals surface area (Å²) in [6.45, 7) is 0. The fraction of sp³-hybridized carbons (Fsp3) is 0.583. The minimum Gasteiger partial charge on any atom is -0.396 e. The minimum atomic E-state index is -4.40. The van der Waals surface area contributed by atoms with Gasteiger partial charge in [0.15, 0.2) is 0 Å². The molecular weight excluding hydrogens is 243 g/mol. The predicted molar refractivity (Wildman–Crippen MR) is 64.1 cm³/mol. The van der Waals surface area contributed by atoms with Gasteiger partial charge < -0.3 is 11.1 Å². The molecule has 3 N–H and O–H groups in total. The zero-order chi connectivity index (χ0) is 13.2. The van der Waals surface area contributed by atoms with Gasteiger partial charge in [0.25, 0.3) is 0 Å². The summed E-state index contributed by atoms with van der Waals surface area (Å²) >= 11 is 0. The minimum absolute atomic E-state index is 0.0513. The van der Waals surface area contributed by atoms with Gasteiger partial charge in [-0.1, -0.05) is 19.3 Å². The molecule has 100 valence electrons. The lowest BCUT2D eigenvalue weighted by Gasteiger charge is -2.24. The Hall–Kier alpha value is -1.46. The van der Waals surface area contributed by atoms with E-state index in [1.807, 2.05) is 0 Å². The number of hydrogen-bond acceptors (Lipinski definition) is 3. The zero-order valence-electron chi connectivity index (χ0n) is 9.93. The first-order valence-electron chi connectivity index (χ1n) is 6.06. The summed E-state index contributed by atoms with van der Waals surface area (Å²) in [6, 6.07) is 1.20. The van der Waals surface area contributed by atoms with Crippen LogP contribution in [0.2, 0.25) is 0 Å². The number of aromatic nitrogens is 1. The summed E-state index contributed by atoms with van der Waals surface area (Å²) in [7, 11) is 0. The molecule has 18 heavy (non-hydrogen) atoms. The smallest absolute Gasteiger partial charge is 0.396 e. The Morgan fingerprint density at radius 2 is 1.89 bits per heavy atom. The molecule has 0 amide bonds. The molecule has 1 aliphatic rings. The van der Waals surface area contributed by atoms with Crippen molar-refractivity contribution in [3.8, 4) is 0 Å². The maximum Gasteiger partial charge on any atom is 0.417 e. The van der Waals surface area contributed by atoms with Crippen molar-refractivity contribution in [2.45, 2.75) is 44.3 Å². The number of hydrogen-bond donors (Lipinski definition) is 2. The molecule has 0 aliphatic heterocycles. The van der Waals surface area contributed by atoms with Gasteiger partial charge in [-0.25, -0.2) is 4.98 Å². The molecule has 0 spiro atoms. The number of nitrogens with zero attached hydrogens (tertiary/aromatic N) is 1. The first-order chi connectivity index (χ1) is 8.47. The Morgan fingerprint density at radius 1 is 1.22 bits per heavy atom. The molecule has 1 saturated carbocycles. The van der Waals surface area contributed by atoms with Crippen molar-refractivity contribution >= 4 is 11.5 Å². The lowest BCUT2D eigenvalue weighted by atomic mass is 9.95. The van der Waals surface area contributed by atoms with Gasteiger partial charge in [-0.15, -0.1) is 0 Å². The summed E-state index contributed by atoms with van der Waals surface area (Å²) < 4.78 is 37.3. The normalized spacial score (nSPS) is 17.7. The van der Waals surface area contributed by atoms with Gasteiger partial charge in [0.2, 0.25) is 0 Å². The van der Waals surface area contributed by atoms with Crippen LogP contribution >= 0.6 is 0 Å². The Morgan fingerprint density at radius 3 is 2.44 bits per heavy atom. The van der Waals surface area contributed by atoms with E-state index in [1.165, 1.54) is 6.42 Å². The summed E-state index contributed by atoms with van der Waals surface area (Å²) in [5.41, 5.74) is 4.85. The van der Waals surface area contributed by atoms with Crippen molar-refractivity contribution in [3.05, 3.63) is 17.8 Å². The monoisotopic (exact) mass is 259 g/mol. The van der Waals surface area contributed by atoms with Crippen LogP contribution in [0.5, 0.6) is 0 Å². The highest BCUT2D eigenvalue weighted by Gasteiger charge is 2.31. The highest BCUT2D eigenvalue weighted by molar-refractivity contribution is 5.62. The lowest BCUT2D eigenvalue weighted by molar-refractivity contribution is -0.137. The van der Waals surface area contributed by atoms with E-state index in [-0.39, 0.29) is 11.7 Å². The molecule has 1 aromatic heterocycles. The van der Waals surface area contributed by atoms with Crippen LogP contribution in [0.4, 0.5) is 24.7 Å². The van der Waals surface area contributed by atoms with Gasteiger partial charge in [0.1, 0.15) is 5.82 Å². The van der Waals surface area contributed by atoms with E-state index in [0.717, 1.165) is 37.9 Å². The molecule has 0 unspecified atom stereocenters. The second-order valence-electron chi connectivity index (χ2n) is 4.64. The molecule has 0 atom stereocenters. The van der Waals surface area contributed by atoms with E-state index in [4.69, 9.17) is 5.73 Å². The number of alkyl halides is 3. The van der Waals surface area contributed by atoms with Gasteiger partial charge in [-0.2, -0.15) is 13.2 Å². The lowest BCUT2D eigenvalue weighted by Crippen LogP contribution is -2.23. The van der Waals surface area contributed by atoms with Crippen LogP contribution in [0.25, 0.3) is 0 Å². The molecule has 1 aromatic rings. The summed E-state index contributed by atoms with van der Waals surface area (Å²) in [4.78, 5) is 3.78. The van der Waals surface area contributed by atoms with Gasteiger partial charge in [0.05, 0.1) is 11.3 Å². The maximum absolute atomic E-state index is 12.4. The first-order valence-corrected chi connectivity index (χ1v) is 6.06. The highest BCUT2D eigenvalue weighted by Crippen LogP contribution is 2.32. The number of anilines is 2. The molecular formula is C12H16F3N3. The van der Waals surface area contributed by atoms with Crippen molar-refractivity contribution in [2.75, 3.05) is 11.1 Å². The molecule has 0 saturated heterocycles. The highest BCUT2D eigenvalue weighted by atomic mass is 19.4. The third-order valence-corrected chi connectivity index (χ3v) is 3.19. The molecule has 0 aromatic carbocycles. The second kappa shape index (κ2) is 5.04. The van der Waals surface area contributed by atoms with E-state index in [9.17, 15) is 13.2 Å².